The van der Waals surface area contributed by atoms with Gasteiger partial charge in [-0.05, 0) is 30.7 Å². The van der Waals surface area contributed by atoms with Gasteiger partial charge in [0.2, 0.25) is 0 Å². The summed E-state index contributed by atoms with van der Waals surface area (Å²) in [7, 11) is -2.90. The first-order valence-electron chi connectivity index (χ1n) is 6.19. The van der Waals surface area contributed by atoms with Gasteiger partial charge in [0.25, 0.3) is 0 Å². The molecule has 0 heterocycles. The Labute approximate surface area is 114 Å². The predicted octanol–water partition coefficient (Wildman–Crippen LogP) is 1.20. The third kappa shape index (κ3) is 6.27. The summed E-state index contributed by atoms with van der Waals surface area (Å²) < 4.78 is 28.0. The Kier molecular flexibility index (Phi) is 6.40. The number of sulfone groups is 1. The minimum Gasteiger partial charge on any atom is -0.494 e. The van der Waals surface area contributed by atoms with Gasteiger partial charge >= 0.3 is 0 Å². The molecule has 1 aromatic carbocycles. The molecule has 0 aromatic heterocycles. The molecule has 5 heteroatoms. The van der Waals surface area contributed by atoms with E-state index in [1.165, 1.54) is 0 Å². The van der Waals surface area contributed by atoms with Crippen molar-refractivity contribution in [3.05, 3.63) is 29.8 Å². The second-order valence-corrected chi connectivity index (χ2v) is 6.44. The average Bonchev–Trinajstić information content (AvgIpc) is 2.42. The lowest BCUT2D eigenvalue weighted by molar-refractivity contribution is 0.317. The first kappa shape index (κ1) is 15.5. The van der Waals surface area contributed by atoms with Crippen molar-refractivity contribution in [2.75, 3.05) is 24.7 Å². The van der Waals surface area contributed by atoms with Gasteiger partial charge in [-0.15, -0.1) is 0 Å². The van der Waals surface area contributed by atoms with E-state index in [0.717, 1.165) is 5.56 Å². The first-order chi connectivity index (χ1) is 9.07. The van der Waals surface area contributed by atoms with Gasteiger partial charge in [0, 0.05) is 11.3 Å². The normalized spacial score (nSPS) is 10.6. The standard InChI is InChI=1S/C14H19NO3S/c1-2-19(16,17)12-4-11-18-14-8-6-13(7-9-14)5-3-10-15/h6-9H,2,4,10-12,15H2,1H3. The van der Waals surface area contributed by atoms with Crippen LogP contribution in [0.4, 0.5) is 0 Å². The Morgan fingerprint density at radius 2 is 1.95 bits per heavy atom. The van der Waals surface area contributed by atoms with E-state index in [2.05, 4.69) is 11.8 Å². The Bertz CT molecular complexity index is 538. The summed E-state index contributed by atoms with van der Waals surface area (Å²) in [4.78, 5) is 0. The number of rotatable bonds is 6. The van der Waals surface area contributed by atoms with Gasteiger partial charge in [0.1, 0.15) is 15.6 Å². The summed E-state index contributed by atoms with van der Waals surface area (Å²) in [5.74, 6) is 6.75. The molecule has 19 heavy (non-hydrogen) atoms. The summed E-state index contributed by atoms with van der Waals surface area (Å²) in [6.45, 7) is 2.38. The SMILES string of the molecule is CCS(=O)(=O)CCCOc1ccc(C#CCN)cc1. The molecule has 0 aliphatic heterocycles. The van der Waals surface area contributed by atoms with Crippen molar-refractivity contribution in [2.24, 2.45) is 5.73 Å². The van der Waals surface area contributed by atoms with Gasteiger partial charge in [-0.3, -0.25) is 0 Å². The van der Waals surface area contributed by atoms with Crippen LogP contribution in [0.25, 0.3) is 0 Å². The van der Waals surface area contributed by atoms with Crippen molar-refractivity contribution in [3.63, 3.8) is 0 Å². The molecule has 4 nitrogen and oxygen atoms in total. The fourth-order valence-corrected chi connectivity index (χ4v) is 2.25. The smallest absolute Gasteiger partial charge is 0.150 e. The van der Waals surface area contributed by atoms with Gasteiger partial charge in [-0.2, -0.15) is 0 Å². The molecule has 104 valence electrons. The maximum atomic E-state index is 11.3. The number of hydrogen-bond donors (Lipinski definition) is 1. The molecule has 0 amide bonds. The van der Waals surface area contributed by atoms with E-state index < -0.39 is 9.84 Å². The van der Waals surface area contributed by atoms with Crippen LogP contribution >= 0.6 is 0 Å². The fraction of sp³-hybridized carbons (Fsp3) is 0.429. The van der Waals surface area contributed by atoms with Crippen molar-refractivity contribution in [1.29, 1.82) is 0 Å². The van der Waals surface area contributed by atoms with Crippen molar-refractivity contribution in [2.45, 2.75) is 13.3 Å². The number of benzene rings is 1. The molecule has 0 fully saturated rings. The van der Waals surface area contributed by atoms with Crippen LogP contribution in [0.1, 0.15) is 18.9 Å². The van der Waals surface area contributed by atoms with Crippen molar-refractivity contribution < 1.29 is 13.2 Å². The van der Waals surface area contributed by atoms with Crippen molar-refractivity contribution in [1.82, 2.24) is 0 Å². The maximum absolute atomic E-state index is 11.3. The molecule has 0 unspecified atom stereocenters. The molecule has 0 spiro atoms. The zero-order valence-corrected chi connectivity index (χ0v) is 11.9. The lowest BCUT2D eigenvalue weighted by Gasteiger charge is -2.06. The van der Waals surface area contributed by atoms with Crippen LogP contribution in [0.2, 0.25) is 0 Å². The van der Waals surface area contributed by atoms with Crippen LogP contribution in [0.5, 0.6) is 5.75 Å². The number of ether oxygens (including phenoxy) is 1. The van der Waals surface area contributed by atoms with E-state index >= 15 is 0 Å². The minimum atomic E-state index is -2.90. The average molecular weight is 281 g/mol. The minimum absolute atomic E-state index is 0.170. The summed E-state index contributed by atoms with van der Waals surface area (Å²) in [6.07, 6.45) is 0.505. The third-order valence-corrected chi connectivity index (χ3v) is 4.29. The Balaban J connectivity index is 2.38. The molecule has 0 aliphatic carbocycles. The molecule has 2 N–H and O–H groups in total. The maximum Gasteiger partial charge on any atom is 0.150 e. The molecular weight excluding hydrogens is 262 g/mol. The third-order valence-electron chi connectivity index (χ3n) is 2.50. The van der Waals surface area contributed by atoms with Gasteiger partial charge in [-0.25, -0.2) is 8.42 Å². The Morgan fingerprint density at radius 1 is 1.26 bits per heavy atom. The summed E-state index contributed by atoms with van der Waals surface area (Å²) in [5.41, 5.74) is 6.17. The van der Waals surface area contributed by atoms with Crippen LogP contribution in [-0.2, 0) is 9.84 Å². The van der Waals surface area contributed by atoms with Crippen molar-refractivity contribution >= 4 is 9.84 Å². The van der Waals surface area contributed by atoms with E-state index in [-0.39, 0.29) is 11.5 Å². The van der Waals surface area contributed by atoms with Crippen molar-refractivity contribution in [3.8, 4) is 17.6 Å². The van der Waals surface area contributed by atoms with E-state index in [4.69, 9.17) is 10.5 Å². The first-order valence-corrected chi connectivity index (χ1v) is 8.02. The van der Waals surface area contributed by atoms with Crippen LogP contribution in [0, 0.1) is 11.8 Å². The Hall–Kier alpha value is -1.51. The number of hydrogen-bond acceptors (Lipinski definition) is 4. The quantitative estimate of drug-likeness (QED) is 0.628. The summed E-state index contributed by atoms with van der Waals surface area (Å²) >= 11 is 0. The lowest BCUT2D eigenvalue weighted by atomic mass is 10.2. The largest absolute Gasteiger partial charge is 0.494 e. The fourth-order valence-electron chi connectivity index (χ4n) is 1.40. The molecule has 0 bridgehead atoms. The van der Waals surface area contributed by atoms with Crippen LogP contribution in [-0.4, -0.2) is 33.1 Å². The topological polar surface area (TPSA) is 69.4 Å². The van der Waals surface area contributed by atoms with Crippen LogP contribution in [0.3, 0.4) is 0 Å². The highest BCUT2D eigenvalue weighted by atomic mass is 32.2. The number of nitrogens with two attached hydrogens (primary N) is 1. The molecule has 0 saturated carbocycles. The van der Waals surface area contributed by atoms with E-state index in [9.17, 15) is 8.42 Å². The zero-order valence-electron chi connectivity index (χ0n) is 11.1. The van der Waals surface area contributed by atoms with Gasteiger partial charge in [0.05, 0.1) is 18.9 Å². The molecular formula is C14H19NO3S. The molecule has 0 radical (unpaired) electrons. The summed E-state index contributed by atoms with van der Waals surface area (Å²) in [6, 6.07) is 7.32. The Morgan fingerprint density at radius 3 is 2.53 bits per heavy atom. The van der Waals surface area contributed by atoms with E-state index in [0.29, 0.717) is 25.3 Å². The molecule has 1 aromatic rings. The second-order valence-electron chi connectivity index (χ2n) is 3.97. The van der Waals surface area contributed by atoms with Gasteiger partial charge in [0.15, 0.2) is 0 Å². The summed E-state index contributed by atoms with van der Waals surface area (Å²) in [5, 5.41) is 0. The highest BCUT2D eigenvalue weighted by Crippen LogP contribution is 2.11. The molecule has 0 saturated heterocycles. The monoisotopic (exact) mass is 281 g/mol. The van der Waals surface area contributed by atoms with Crippen LogP contribution in [0.15, 0.2) is 24.3 Å². The molecule has 0 atom stereocenters. The highest BCUT2D eigenvalue weighted by Gasteiger charge is 2.06. The van der Waals surface area contributed by atoms with Gasteiger partial charge < -0.3 is 10.5 Å². The lowest BCUT2D eigenvalue weighted by Crippen LogP contribution is -2.11. The van der Waals surface area contributed by atoms with E-state index in [1.54, 1.807) is 6.92 Å². The zero-order chi connectivity index (χ0) is 14.1. The van der Waals surface area contributed by atoms with Crippen LogP contribution < -0.4 is 10.5 Å². The second kappa shape index (κ2) is 7.82. The highest BCUT2D eigenvalue weighted by molar-refractivity contribution is 7.91. The molecule has 1 rings (SSSR count). The van der Waals surface area contributed by atoms with Gasteiger partial charge in [-0.1, -0.05) is 18.8 Å². The predicted molar refractivity (Wildman–Crippen MR) is 76.8 cm³/mol. The molecule has 0 aliphatic rings. The van der Waals surface area contributed by atoms with E-state index in [1.807, 2.05) is 24.3 Å².